The number of pyridine rings is 2. The second-order valence-corrected chi connectivity index (χ2v) is 10.3. The van der Waals surface area contributed by atoms with E-state index in [1.165, 1.54) is 12.1 Å². The molecule has 0 spiro atoms. The fourth-order valence-corrected chi connectivity index (χ4v) is 5.08. The molecule has 39 heavy (non-hydrogen) atoms. The third-order valence-electron chi connectivity index (χ3n) is 5.91. The number of benzene rings is 1. The summed E-state index contributed by atoms with van der Waals surface area (Å²) >= 11 is 0. The van der Waals surface area contributed by atoms with Crippen LogP contribution in [-0.4, -0.2) is 44.6 Å². The Balaban J connectivity index is 1.49. The van der Waals surface area contributed by atoms with Gasteiger partial charge in [0.05, 0.1) is 33.5 Å². The number of rotatable bonds is 5. The van der Waals surface area contributed by atoms with Crippen LogP contribution in [0.5, 0.6) is 0 Å². The summed E-state index contributed by atoms with van der Waals surface area (Å²) in [7, 11) is -4.41. The number of halogens is 6. The summed E-state index contributed by atoms with van der Waals surface area (Å²) in [6, 6.07) is 8.67. The first-order valence-electron chi connectivity index (χ1n) is 11.4. The van der Waals surface area contributed by atoms with Gasteiger partial charge in [-0.2, -0.15) is 31.6 Å². The minimum absolute atomic E-state index is 0.0281. The van der Waals surface area contributed by atoms with Crippen LogP contribution in [-0.2, 0) is 22.4 Å². The number of aromatic nitrogens is 2. The van der Waals surface area contributed by atoms with Gasteiger partial charge in [0.2, 0.25) is 0 Å². The van der Waals surface area contributed by atoms with Gasteiger partial charge in [-0.05, 0) is 42.8 Å². The average Bonchev–Trinajstić information content (AvgIpc) is 3.14. The second kappa shape index (κ2) is 10.6. The monoisotopic (exact) mass is 570 g/mol. The first kappa shape index (κ1) is 28.0. The van der Waals surface area contributed by atoms with Crippen LogP contribution >= 0.6 is 0 Å². The third-order valence-corrected chi connectivity index (χ3v) is 7.28. The molecule has 0 aliphatic carbocycles. The van der Waals surface area contributed by atoms with Crippen LogP contribution in [0, 0.1) is 11.3 Å². The quantitative estimate of drug-likeness (QED) is 0.436. The molecule has 1 aliphatic heterocycles. The lowest BCUT2D eigenvalue weighted by Gasteiger charge is -2.24. The standard InChI is InChI=1S/C24H20F6N6O2S/c25-23(26,27)17-3-1-4-20(12-17)39(37,38)34-19-11-16(13-31)22(33-15-19)36-8-2-7-35(9-10-36)21-6-5-18(14-32-21)24(28,29)30/h1,3-6,11-12,14-15,34H,2,7-10H2. The topological polar surface area (TPSA) is 102 Å². The maximum atomic E-state index is 13.0. The van der Waals surface area contributed by atoms with E-state index in [0.717, 1.165) is 36.7 Å². The predicted octanol–water partition coefficient (Wildman–Crippen LogP) is 4.90. The zero-order valence-corrected chi connectivity index (χ0v) is 20.8. The summed E-state index contributed by atoms with van der Waals surface area (Å²) in [4.78, 5) is 11.1. The fourth-order valence-electron chi connectivity index (χ4n) is 4.00. The molecule has 1 fully saturated rings. The maximum Gasteiger partial charge on any atom is 0.417 e. The molecule has 0 amide bonds. The number of hydrogen-bond acceptors (Lipinski definition) is 7. The summed E-state index contributed by atoms with van der Waals surface area (Å²) in [5.41, 5.74) is -2.06. The molecule has 3 aromatic rings. The smallest absolute Gasteiger partial charge is 0.355 e. The lowest BCUT2D eigenvalue weighted by atomic mass is 10.2. The summed E-state index contributed by atoms with van der Waals surface area (Å²) in [5.74, 6) is 0.638. The molecular weight excluding hydrogens is 550 g/mol. The SMILES string of the molecule is N#Cc1cc(NS(=O)(=O)c2cccc(C(F)(F)F)c2)cnc1N1CCCN(c2ccc(C(F)(F)F)cn2)CC1. The molecule has 3 heterocycles. The Hall–Kier alpha value is -4.06. The van der Waals surface area contributed by atoms with Crippen molar-refractivity contribution in [2.75, 3.05) is 40.7 Å². The molecule has 15 heteroatoms. The predicted molar refractivity (Wildman–Crippen MR) is 129 cm³/mol. The Labute approximate surface area is 219 Å². The van der Waals surface area contributed by atoms with Gasteiger partial charge in [-0.15, -0.1) is 0 Å². The van der Waals surface area contributed by atoms with Crippen LogP contribution in [0.1, 0.15) is 23.1 Å². The number of nitrogens with zero attached hydrogens (tertiary/aromatic N) is 5. The van der Waals surface area contributed by atoms with Gasteiger partial charge in [-0.1, -0.05) is 6.07 Å². The van der Waals surface area contributed by atoms with E-state index < -0.39 is 38.4 Å². The number of nitriles is 1. The first-order valence-corrected chi connectivity index (χ1v) is 12.9. The number of alkyl halides is 6. The van der Waals surface area contributed by atoms with Gasteiger partial charge in [-0.25, -0.2) is 18.4 Å². The van der Waals surface area contributed by atoms with E-state index in [-0.39, 0.29) is 17.1 Å². The Bertz CT molecular complexity index is 1490. The highest BCUT2D eigenvalue weighted by Gasteiger charge is 2.32. The molecule has 1 N–H and O–H groups in total. The maximum absolute atomic E-state index is 13.0. The fraction of sp³-hybridized carbons (Fsp3) is 0.292. The van der Waals surface area contributed by atoms with Crippen molar-refractivity contribution in [2.45, 2.75) is 23.7 Å². The molecule has 1 aliphatic rings. The van der Waals surface area contributed by atoms with Crippen LogP contribution in [0.15, 0.2) is 59.8 Å². The van der Waals surface area contributed by atoms with Gasteiger partial charge in [0.15, 0.2) is 0 Å². The molecule has 0 bridgehead atoms. The third kappa shape index (κ3) is 6.51. The van der Waals surface area contributed by atoms with Crippen molar-refractivity contribution in [3.8, 4) is 6.07 Å². The van der Waals surface area contributed by atoms with E-state index in [4.69, 9.17) is 0 Å². The van der Waals surface area contributed by atoms with E-state index in [1.54, 1.807) is 4.90 Å². The Kier molecular flexibility index (Phi) is 7.60. The highest BCUT2D eigenvalue weighted by Crippen LogP contribution is 2.32. The van der Waals surface area contributed by atoms with Gasteiger partial charge in [0.1, 0.15) is 17.7 Å². The van der Waals surface area contributed by atoms with E-state index >= 15 is 0 Å². The van der Waals surface area contributed by atoms with Crippen LogP contribution in [0.25, 0.3) is 0 Å². The lowest BCUT2D eigenvalue weighted by Crippen LogP contribution is -2.32. The van der Waals surface area contributed by atoms with Crippen LogP contribution < -0.4 is 14.5 Å². The lowest BCUT2D eigenvalue weighted by molar-refractivity contribution is -0.138. The van der Waals surface area contributed by atoms with E-state index in [1.807, 2.05) is 11.0 Å². The average molecular weight is 571 g/mol. The number of hydrogen-bond donors (Lipinski definition) is 1. The highest BCUT2D eigenvalue weighted by atomic mass is 32.2. The van der Waals surface area contributed by atoms with E-state index in [2.05, 4.69) is 14.7 Å². The summed E-state index contributed by atoms with van der Waals surface area (Å²) in [6.45, 7) is 1.66. The van der Waals surface area contributed by atoms with E-state index in [0.29, 0.717) is 44.5 Å². The zero-order valence-electron chi connectivity index (χ0n) is 20.0. The normalized spacial score (nSPS) is 15.0. The van der Waals surface area contributed by atoms with Gasteiger partial charge in [-0.3, -0.25) is 4.72 Å². The van der Waals surface area contributed by atoms with Crippen LogP contribution in [0.4, 0.5) is 43.7 Å². The zero-order chi connectivity index (χ0) is 28.4. The molecule has 2 aromatic heterocycles. The summed E-state index contributed by atoms with van der Waals surface area (Å²) < 4.78 is 105. The van der Waals surface area contributed by atoms with Crippen molar-refractivity contribution in [1.29, 1.82) is 5.26 Å². The Morgan fingerprint density at radius 1 is 0.846 bits per heavy atom. The van der Waals surface area contributed by atoms with Crippen molar-refractivity contribution in [3.05, 3.63) is 71.5 Å². The second-order valence-electron chi connectivity index (χ2n) is 8.57. The minimum Gasteiger partial charge on any atom is -0.355 e. The minimum atomic E-state index is -4.73. The molecule has 1 saturated heterocycles. The van der Waals surface area contributed by atoms with Crippen molar-refractivity contribution in [3.63, 3.8) is 0 Å². The van der Waals surface area contributed by atoms with Crippen LogP contribution in [0.3, 0.4) is 0 Å². The van der Waals surface area contributed by atoms with Crippen molar-refractivity contribution in [2.24, 2.45) is 0 Å². The van der Waals surface area contributed by atoms with Crippen molar-refractivity contribution >= 4 is 27.3 Å². The van der Waals surface area contributed by atoms with Gasteiger partial charge < -0.3 is 9.80 Å². The molecule has 1 aromatic carbocycles. The first-order chi connectivity index (χ1) is 18.3. The summed E-state index contributed by atoms with van der Waals surface area (Å²) in [5, 5.41) is 9.68. The molecule has 0 radical (unpaired) electrons. The van der Waals surface area contributed by atoms with E-state index in [9.17, 15) is 40.0 Å². The molecule has 4 rings (SSSR count). The largest absolute Gasteiger partial charge is 0.417 e. The highest BCUT2D eigenvalue weighted by molar-refractivity contribution is 7.92. The molecule has 0 saturated carbocycles. The number of nitrogens with one attached hydrogen (secondary N) is 1. The summed E-state index contributed by atoms with van der Waals surface area (Å²) in [6.07, 6.45) is -6.73. The van der Waals surface area contributed by atoms with Crippen LogP contribution in [0.2, 0.25) is 0 Å². The Morgan fingerprint density at radius 2 is 1.54 bits per heavy atom. The van der Waals surface area contributed by atoms with Crippen molar-refractivity contribution in [1.82, 2.24) is 9.97 Å². The number of anilines is 3. The molecule has 0 unspecified atom stereocenters. The Morgan fingerprint density at radius 3 is 2.18 bits per heavy atom. The number of sulfonamides is 1. The molecule has 0 atom stereocenters. The van der Waals surface area contributed by atoms with Crippen molar-refractivity contribution < 1.29 is 34.8 Å². The molecular formula is C24H20F6N6O2S. The molecule has 8 nitrogen and oxygen atoms in total. The van der Waals surface area contributed by atoms with Gasteiger partial charge >= 0.3 is 12.4 Å². The van der Waals surface area contributed by atoms with Gasteiger partial charge in [0.25, 0.3) is 10.0 Å². The molecule has 206 valence electrons. The van der Waals surface area contributed by atoms with Gasteiger partial charge in [0, 0.05) is 32.4 Å².